The highest BCUT2D eigenvalue weighted by Gasteiger charge is 2.34. The largest absolute Gasteiger partial charge is 0.299 e. The first-order valence-electron chi connectivity index (χ1n) is 6.46. The average Bonchev–Trinajstić information content (AvgIpc) is 2.19. The number of hydrogen-bond acceptors (Lipinski definition) is 2. The molecule has 0 aromatic rings. The van der Waals surface area contributed by atoms with Crippen LogP contribution in [0.15, 0.2) is 0 Å². The van der Waals surface area contributed by atoms with Gasteiger partial charge in [-0.2, -0.15) is 11.8 Å². The molecule has 0 saturated heterocycles. The van der Waals surface area contributed by atoms with Crippen molar-refractivity contribution >= 4 is 17.5 Å². The van der Waals surface area contributed by atoms with Crippen molar-refractivity contribution in [1.82, 2.24) is 0 Å². The predicted molar refractivity (Wildman–Crippen MR) is 72.9 cm³/mol. The second kappa shape index (κ2) is 6.09. The summed E-state index contributed by atoms with van der Waals surface area (Å²) < 4.78 is 0. The van der Waals surface area contributed by atoms with Gasteiger partial charge in [0.25, 0.3) is 0 Å². The van der Waals surface area contributed by atoms with E-state index in [1.807, 2.05) is 11.8 Å². The molecule has 2 unspecified atom stereocenters. The molecule has 0 aliphatic heterocycles. The van der Waals surface area contributed by atoms with Gasteiger partial charge in [-0.25, -0.2) is 0 Å². The van der Waals surface area contributed by atoms with Gasteiger partial charge >= 0.3 is 0 Å². The molecule has 2 atom stereocenters. The fraction of sp³-hybridized carbons (Fsp3) is 0.929. The summed E-state index contributed by atoms with van der Waals surface area (Å²) in [6.07, 6.45) is 7.53. The molecule has 94 valence electrons. The maximum Gasteiger partial charge on any atom is 0.135 e. The summed E-state index contributed by atoms with van der Waals surface area (Å²) in [6.45, 7) is 6.94. The molecular weight excluding hydrogens is 216 g/mol. The van der Waals surface area contributed by atoms with Crippen LogP contribution < -0.4 is 0 Å². The van der Waals surface area contributed by atoms with Crippen molar-refractivity contribution in [1.29, 1.82) is 0 Å². The average molecular weight is 242 g/mol. The summed E-state index contributed by atoms with van der Waals surface area (Å²) in [5.41, 5.74) is 0.373. The van der Waals surface area contributed by atoms with E-state index in [9.17, 15) is 4.79 Å². The second-order valence-electron chi connectivity index (χ2n) is 6.14. The quantitative estimate of drug-likeness (QED) is 0.689. The van der Waals surface area contributed by atoms with Gasteiger partial charge in [0.2, 0.25) is 0 Å². The molecule has 0 N–H and O–H groups in total. The number of rotatable bonds is 4. The lowest BCUT2D eigenvalue weighted by molar-refractivity contribution is -0.126. The third kappa shape index (κ3) is 4.12. The summed E-state index contributed by atoms with van der Waals surface area (Å²) in [7, 11) is 0. The van der Waals surface area contributed by atoms with Gasteiger partial charge in [0.05, 0.1) is 0 Å². The third-order valence-corrected chi connectivity index (χ3v) is 4.59. The molecule has 1 fully saturated rings. The summed E-state index contributed by atoms with van der Waals surface area (Å²) in [5.74, 6) is 2.83. The first-order valence-corrected chi connectivity index (χ1v) is 7.86. The van der Waals surface area contributed by atoms with Crippen molar-refractivity contribution in [3.8, 4) is 0 Å². The van der Waals surface area contributed by atoms with E-state index in [4.69, 9.17) is 0 Å². The minimum atomic E-state index is 0.366. The van der Waals surface area contributed by atoms with E-state index < -0.39 is 0 Å². The summed E-state index contributed by atoms with van der Waals surface area (Å²) >= 11 is 1.89. The molecule has 0 heterocycles. The van der Waals surface area contributed by atoms with Gasteiger partial charge in [-0.15, -0.1) is 0 Å². The molecular formula is C14H26OS. The van der Waals surface area contributed by atoms with Crippen LogP contribution in [0.4, 0.5) is 0 Å². The Kier molecular flexibility index (Phi) is 5.36. The van der Waals surface area contributed by atoms with Crippen molar-refractivity contribution < 1.29 is 4.79 Å². The maximum absolute atomic E-state index is 11.9. The smallest absolute Gasteiger partial charge is 0.135 e. The second-order valence-corrected chi connectivity index (χ2v) is 7.12. The molecule has 1 saturated carbocycles. The minimum absolute atomic E-state index is 0.366. The monoisotopic (exact) mass is 242 g/mol. The van der Waals surface area contributed by atoms with Gasteiger partial charge < -0.3 is 0 Å². The van der Waals surface area contributed by atoms with Crippen LogP contribution in [-0.4, -0.2) is 17.8 Å². The predicted octanol–water partition coefficient (Wildman–Crippen LogP) is 4.16. The topological polar surface area (TPSA) is 17.1 Å². The Labute approximate surface area is 105 Å². The zero-order chi connectivity index (χ0) is 12.2. The SMILES string of the molecule is CSCCCC1CC(C(C)(C)C)CCC1=O. The van der Waals surface area contributed by atoms with E-state index in [0.29, 0.717) is 17.1 Å². The van der Waals surface area contributed by atoms with Crippen LogP contribution in [0.2, 0.25) is 0 Å². The molecule has 0 radical (unpaired) electrons. The Bertz CT molecular complexity index is 229. The highest BCUT2D eigenvalue weighted by Crippen LogP contribution is 2.40. The number of carbonyl (C=O) groups excluding carboxylic acids is 1. The molecule has 0 spiro atoms. The number of Topliss-reactive ketones (excluding diaryl/α,β-unsaturated/α-hetero) is 1. The summed E-state index contributed by atoms with van der Waals surface area (Å²) in [4.78, 5) is 11.9. The normalized spacial score (nSPS) is 27.1. The van der Waals surface area contributed by atoms with E-state index in [-0.39, 0.29) is 0 Å². The zero-order valence-corrected chi connectivity index (χ0v) is 12.0. The lowest BCUT2D eigenvalue weighted by atomic mass is 9.68. The van der Waals surface area contributed by atoms with Crippen LogP contribution in [0.5, 0.6) is 0 Å². The van der Waals surface area contributed by atoms with Gasteiger partial charge in [0.15, 0.2) is 0 Å². The lowest BCUT2D eigenvalue weighted by Crippen LogP contribution is -2.32. The lowest BCUT2D eigenvalue weighted by Gasteiger charge is -2.37. The van der Waals surface area contributed by atoms with Crippen molar-refractivity contribution in [2.24, 2.45) is 17.3 Å². The molecule has 0 amide bonds. The van der Waals surface area contributed by atoms with Gasteiger partial charge in [0.1, 0.15) is 5.78 Å². The van der Waals surface area contributed by atoms with Crippen LogP contribution in [0.3, 0.4) is 0 Å². The summed E-state index contributed by atoms with van der Waals surface area (Å²) in [5, 5.41) is 0. The van der Waals surface area contributed by atoms with E-state index in [1.165, 1.54) is 12.2 Å². The van der Waals surface area contributed by atoms with Crippen LogP contribution >= 0.6 is 11.8 Å². The van der Waals surface area contributed by atoms with Crippen molar-refractivity contribution in [2.45, 2.75) is 52.9 Å². The van der Waals surface area contributed by atoms with Crippen molar-refractivity contribution in [2.75, 3.05) is 12.0 Å². The Balaban J connectivity index is 2.45. The Morgan fingerprint density at radius 2 is 2.06 bits per heavy atom. The molecule has 0 bridgehead atoms. The van der Waals surface area contributed by atoms with Crippen LogP contribution in [0.25, 0.3) is 0 Å². The van der Waals surface area contributed by atoms with Crippen molar-refractivity contribution in [3.63, 3.8) is 0 Å². The van der Waals surface area contributed by atoms with Crippen LogP contribution in [0.1, 0.15) is 52.9 Å². The van der Waals surface area contributed by atoms with Gasteiger partial charge in [0, 0.05) is 12.3 Å². The van der Waals surface area contributed by atoms with E-state index in [2.05, 4.69) is 27.0 Å². The maximum atomic E-state index is 11.9. The highest BCUT2D eigenvalue weighted by molar-refractivity contribution is 7.98. The molecule has 1 nitrogen and oxygen atoms in total. The zero-order valence-electron chi connectivity index (χ0n) is 11.2. The molecule has 1 rings (SSSR count). The van der Waals surface area contributed by atoms with E-state index in [1.54, 1.807) is 0 Å². The Morgan fingerprint density at radius 3 is 2.62 bits per heavy atom. The fourth-order valence-corrected chi connectivity index (χ4v) is 3.11. The van der Waals surface area contributed by atoms with E-state index in [0.717, 1.165) is 31.6 Å². The number of carbonyl (C=O) groups is 1. The summed E-state index contributed by atoms with van der Waals surface area (Å²) in [6, 6.07) is 0. The third-order valence-electron chi connectivity index (χ3n) is 3.89. The molecule has 2 heteroatoms. The minimum Gasteiger partial charge on any atom is -0.299 e. The van der Waals surface area contributed by atoms with E-state index >= 15 is 0 Å². The van der Waals surface area contributed by atoms with Gasteiger partial charge in [-0.3, -0.25) is 4.79 Å². The van der Waals surface area contributed by atoms with Crippen molar-refractivity contribution in [3.05, 3.63) is 0 Å². The molecule has 0 aromatic heterocycles. The Hall–Kier alpha value is 0.0200. The molecule has 1 aliphatic rings. The van der Waals surface area contributed by atoms with Crippen LogP contribution in [0, 0.1) is 17.3 Å². The molecule has 16 heavy (non-hydrogen) atoms. The first-order chi connectivity index (χ1) is 7.45. The van der Waals surface area contributed by atoms with Gasteiger partial charge in [-0.1, -0.05) is 20.8 Å². The Morgan fingerprint density at radius 1 is 1.38 bits per heavy atom. The van der Waals surface area contributed by atoms with Gasteiger partial charge in [-0.05, 0) is 49.0 Å². The number of hydrogen-bond donors (Lipinski definition) is 0. The fourth-order valence-electron chi connectivity index (χ4n) is 2.65. The standard InChI is InChI=1S/C14H26OS/c1-14(2,3)12-7-8-13(15)11(10-12)6-5-9-16-4/h11-12H,5-10H2,1-4H3. The molecule has 0 aromatic carbocycles. The first kappa shape index (κ1) is 14.1. The highest BCUT2D eigenvalue weighted by atomic mass is 32.2. The number of ketones is 1. The number of thioether (sulfide) groups is 1. The van der Waals surface area contributed by atoms with Crippen LogP contribution in [-0.2, 0) is 4.79 Å². The molecule has 1 aliphatic carbocycles.